The highest BCUT2D eigenvalue weighted by Crippen LogP contribution is 2.29. The van der Waals surface area contributed by atoms with Crippen LogP contribution in [0.4, 0.5) is 11.4 Å². The number of hydrogen-bond acceptors (Lipinski definition) is 4. The van der Waals surface area contributed by atoms with Gasteiger partial charge in [0.15, 0.2) is 0 Å². The van der Waals surface area contributed by atoms with Crippen LogP contribution in [-0.2, 0) is 6.42 Å². The van der Waals surface area contributed by atoms with Gasteiger partial charge in [0, 0.05) is 0 Å². The molecule has 0 bridgehead atoms. The van der Waals surface area contributed by atoms with Crippen molar-refractivity contribution in [3.63, 3.8) is 0 Å². The third-order valence-electron chi connectivity index (χ3n) is 4.13. The van der Waals surface area contributed by atoms with Crippen molar-refractivity contribution in [1.82, 2.24) is 0 Å². The van der Waals surface area contributed by atoms with Crippen molar-refractivity contribution in [3.05, 3.63) is 53.6 Å². The van der Waals surface area contributed by atoms with Crippen LogP contribution in [0, 0.1) is 11.8 Å². The number of carbonyl (C=O) groups is 1. The summed E-state index contributed by atoms with van der Waals surface area (Å²) in [5, 5.41) is 27.1. The van der Waals surface area contributed by atoms with Crippen molar-refractivity contribution < 1.29 is 15.0 Å². The summed E-state index contributed by atoms with van der Waals surface area (Å²) in [5.74, 6) is 0.226. The topological polar surface area (TPSA) is 82.2 Å². The van der Waals surface area contributed by atoms with E-state index in [1.807, 2.05) is 0 Å². The fourth-order valence-electron chi connectivity index (χ4n) is 2.20. The van der Waals surface area contributed by atoms with Gasteiger partial charge in [-0.05, 0) is 66.3 Å². The minimum Gasteiger partial charge on any atom is -0.508 e. The van der Waals surface area contributed by atoms with E-state index in [9.17, 15) is 9.90 Å². The van der Waals surface area contributed by atoms with Crippen LogP contribution in [0.2, 0.25) is 0 Å². The van der Waals surface area contributed by atoms with Gasteiger partial charge >= 0.3 is 5.97 Å². The van der Waals surface area contributed by atoms with Crippen LogP contribution in [0.5, 0.6) is 5.75 Å². The summed E-state index contributed by atoms with van der Waals surface area (Å²) >= 11 is 0. The van der Waals surface area contributed by atoms with E-state index < -0.39 is 5.97 Å². The molecule has 126 valence electrons. The first-order valence-electron chi connectivity index (χ1n) is 7.94. The first kappa shape index (κ1) is 17.7. The Morgan fingerprint density at radius 3 is 2.29 bits per heavy atom. The molecule has 0 saturated heterocycles. The fourth-order valence-corrected chi connectivity index (χ4v) is 2.20. The molecule has 0 aliphatic rings. The van der Waals surface area contributed by atoms with Crippen molar-refractivity contribution in [2.24, 2.45) is 22.1 Å². The smallest absolute Gasteiger partial charge is 0.335 e. The zero-order valence-electron chi connectivity index (χ0n) is 14.1. The molecule has 2 aromatic rings. The van der Waals surface area contributed by atoms with E-state index in [-0.39, 0.29) is 11.3 Å². The van der Waals surface area contributed by atoms with Gasteiger partial charge in [0.05, 0.1) is 16.9 Å². The maximum Gasteiger partial charge on any atom is 0.335 e. The predicted octanol–water partition coefficient (Wildman–Crippen LogP) is 5.34. The molecule has 1 unspecified atom stereocenters. The summed E-state index contributed by atoms with van der Waals surface area (Å²) in [7, 11) is 0. The quantitative estimate of drug-likeness (QED) is 0.703. The molecule has 0 spiro atoms. The highest BCUT2D eigenvalue weighted by atomic mass is 16.4. The second-order valence-electron chi connectivity index (χ2n) is 6.29. The van der Waals surface area contributed by atoms with Gasteiger partial charge in [-0.3, -0.25) is 0 Å². The Kier molecular flexibility index (Phi) is 5.68. The van der Waals surface area contributed by atoms with Crippen molar-refractivity contribution in [2.75, 3.05) is 0 Å². The molecule has 5 nitrogen and oxygen atoms in total. The normalized spacial score (nSPS) is 12.7. The molecule has 2 N–H and O–H groups in total. The van der Waals surface area contributed by atoms with E-state index in [2.05, 4.69) is 31.0 Å². The number of aromatic hydroxyl groups is 1. The van der Waals surface area contributed by atoms with Gasteiger partial charge in [0.25, 0.3) is 0 Å². The maximum atomic E-state index is 10.8. The Hall–Kier alpha value is -2.69. The lowest BCUT2D eigenvalue weighted by Gasteiger charge is -2.16. The largest absolute Gasteiger partial charge is 0.508 e. The van der Waals surface area contributed by atoms with Crippen LogP contribution in [0.25, 0.3) is 0 Å². The molecule has 0 amide bonds. The number of benzene rings is 2. The third kappa shape index (κ3) is 4.65. The van der Waals surface area contributed by atoms with Crippen LogP contribution < -0.4 is 0 Å². The van der Waals surface area contributed by atoms with E-state index >= 15 is 0 Å². The monoisotopic (exact) mass is 326 g/mol. The minimum absolute atomic E-state index is 0.213. The predicted molar refractivity (Wildman–Crippen MR) is 93.4 cm³/mol. The van der Waals surface area contributed by atoms with Crippen LogP contribution in [0.1, 0.15) is 36.7 Å². The number of aromatic carboxylic acids is 1. The number of azo groups is 1. The van der Waals surface area contributed by atoms with Gasteiger partial charge in [-0.2, -0.15) is 10.2 Å². The lowest BCUT2D eigenvalue weighted by molar-refractivity contribution is 0.0697. The van der Waals surface area contributed by atoms with Gasteiger partial charge < -0.3 is 10.2 Å². The van der Waals surface area contributed by atoms with E-state index in [1.54, 1.807) is 30.3 Å². The number of phenolic OH excluding ortho intramolecular Hbond substituents is 1. The Bertz CT molecular complexity index is 737. The Morgan fingerprint density at radius 2 is 1.71 bits per heavy atom. The molecule has 0 saturated carbocycles. The molecule has 5 heteroatoms. The van der Waals surface area contributed by atoms with E-state index in [4.69, 9.17) is 5.11 Å². The molecule has 24 heavy (non-hydrogen) atoms. The average molecular weight is 326 g/mol. The van der Waals surface area contributed by atoms with E-state index in [1.165, 1.54) is 12.1 Å². The summed E-state index contributed by atoms with van der Waals surface area (Å²) in [6, 6.07) is 11.3. The van der Waals surface area contributed by atoms with Crippen molar-refractivity contribution in [1.29, 1.82) is 0 Å². The number of nitrogens with zero attached hydrogens (tertiary/aromatic N) is 2. The summed E-state index contributed by atoms with van der Waals surface area (Å²) < 4.78 is 0. The Balaban J connectivity index is 2.23. The van der Waals surface area contributed by atoms with Crippen LogP contribution in [0.15, 0.2) is 52.7 Å². The number of carboxylic acid groups (broad SMARTS) is 1. The van der Waals surface area contributed by atoms with Gasteiger partial charge in [-0.25, -0.2) is 4.79 Å². The number of hydrogen-bond donors (Lipinski definition) is 2. The van der Waals surface area contributed by atoms with Crippen molar-refractivity contribution in [2.45, 2.75) is 27.2 Å². The fraction of sp³-hybridized carbons (Fsp3) is 0.316. The van der Waals surface area contributed by atoms with Gasteiger partial charge in [-0.1, -0.05) is 20.8 Å². The Morgan fingerprint density at radius 1 is 1.04 bits per heavy atom. The minimum atomic E-state index is -0.970. The van der Waals surface area contributed by atoms with Crippen LogP contribution in [0.3, 0.4) is 0 Å². The summed E-state index contributed by atoms with van der Waals surface area (Å²) in [6.07, 6.45) is 0.804. The number of rotatable bonds is 6. The molecule has 0 fully saturated rings. The van der Waals surface area contributed by atoms with Crippen LogP contribution >= 0.6 is 0 Å². The Labute approximate surface area is 141 Å². The molecule has 2 rings (SSSR count). The molecule has 0 radical (unpaired) electrons. The summed E-state index contributed by atoms with van der Waals surface area (Å²) in [4.78, 5) is 10.8. The first-order valence-corrected chi connectivity index (χ1v) is 7.94. The number of carboxylic acids is 1. The third-order valence-corrected chi connectivity index (χ3v) is 4.13. The zero-order valence-corrected chi connectivity index (χ0v) is 14.1. The average Bonchev–Trinajstić information content (AvgIpc) is 2.54. The van der Waals surface area contributed by atoms with Gasteiger partial charge in [0.2, 0.25) is 0 Å². The van der Waals surface area contributed by atoms with Gasteiger partial charge in [0.1, 0.15) is 5.75 Å². The maximum absolute atomic E-state index is 10.8. The standard InChI is InChI=1S/C19H22N2O3/c1-12(2)13(3)10-15-11-17(22)8-9-18(15)21-20-16-6-4-14(5-7-16)19(23)24/h4-9,11-13,22H,10H2,1-3H3,(H,23,24). The molecular weight excluding hydrogens is 304 g/mol. The summed E-state index contributed by atoms with van der Waals surface area (Å²) in [5.41, 5.74) is 2.45. The van der Waals surface area contributed by atoms with E-state index in [0.717, 1.165) is 12.0 Å². The highest BCUT2D eigenvalue weighted by molar-refractivity contribution is 5.87. The lowest BCUT2D eigenvalue weighted by Crippen LogP contribution is -2.07. The molecular formula is C19H22N2O3. The SMILES string of the molecule is CC(C)C(C)Cc1cc(O)ccc1N=Nc1ccc(C(=O)O)cc1. The van der Waals surface area contributed by atoms with Gasteiger partial charge in [-0.15, -0.1) is 0 Å². The molecule has 0 aliphatic heterocycles. The van der Waals surface area contributed by atoms with Crippen molar-refractivity contribution >= 4 is 17.3 Å². The second kappa shape index (κ2) is 7.73. The highest BCUT2D eigenvalue weighted by Gasteiger charge is 2.12. The van der Waals surface area contributed by atoms with Crippen LogP contribution in [-0.4, -0.2) is 16.2 Å². The molecule has 1 atom stereocenters. The zero-order chi connectivity index (χ0) is 17.7. The second-order valence-corrected chi connectivity index (χ2v) is 6.29. The lowest BCUT2D eigenvalue weighted by atomic mass is 9.90. The van der Waals surface area contributed by atoms with E-state index in [0.29, 0.717) is 23.2 Å². The first-order chi connectivity index (χ1) is 11.4. The summed E-state index contributed by atoms with van der Waals surface area (Å²) in [6.45, 7) is 6.50. The molecule has 0 aromatic heterocycles. The molecule has 0 aliphatic carbocycles. The molecule has 2 aromatic carbocycles. The van der Waals surface area contributed by atoms with Crippen molar-refractivity contribution in [3.8, 4) is 5.75 Å². The molecule has 0 heterocycles. The number of phenols is 1.